The molecule has 1 aliphatic carbocycles. The zero-order valence-corrected chi connectivity index (χ0v) is 11.9. The molecule has 1 N–H and O–H groups in total. The third-order valence-corrected chi connectivity index (χ3v) is 3.95. The highest BCUT2D eigenvalue weighted by molar-refractivity contribution is 5.92. The minimum Gasteiger partial charge on any atom is -0.395 e. The lowest BCUT2D eigenvalue weighted by molar-refractivity contribution is 0.0519. The molecule has 1 amide bonds. The first-order chi connectivity index (χ1) is 10.3. The number of para-hydroxylation sites is 1. The Balaban J connectivity index is 1.79. The zero-order chi connectivity index (χ0) is 14.7. The predicted molar refractivity (Wildman–Crippen MR) is 79.3 cm³/mol. The molecule has 1 fully saturated rings. The second-order valence-corrected chi connectivity index (χ2v) is 5.29. The molecule has 5 heteroatoms. The number of aliphatic hydroxyl groups is 1. The molecule has 21 heavy (non-hydrogen) atoms. The van der Waals surface area contributed by atoms with Crippen LogP contribution in [0.4, 0.5) is 0 Å². The summed E-state index contributed by atoms with van der Waals surface area (Å²) in [7, 11) is 0. The number of aromatic nitrogens is 2. The minimum absolute atomic E-state index is 0.0123. The molecule has 0 saturated heterocycles. The summed E-state index contributed by atoms with van der Waals surface area (Å²) < 4.78 is 1.70. The van der Waals surface area contributed by atoms with Gasteiger partial charge in [0.05, 0.1) is 12.3 Å². The van der Waals surface area contributed by atoms with Crippen LogP contribution >= 0.6 is 0 Å². The van der Waals surface area contributed by atoms with Crippen molar-refractivity contribution in [3.8, 4) is 5.69 Å². The van der Waals surface area contributed by atoms with Gasteiger partial charge >= 0.3 is 0 Å². The van der Waals surface area contributed by atoms with Gasteiger partial charge in [0.2, 0.25) is 0 Å². The first kappa shape index (κ1) is 13.8. The third-order valence-electron chi connectivity index (χ3n) is 3.95. The third kappa shape index (κ3) is 2.83. The van der Waals surface area contributed by atoms with E-state index >= 15 is 0 Å². The van der Waals surface area contributed by atoms with Crippen molar-refractivity contribution in [2.75, 3.05) is 13.2 Å². The summed E-state index contributed by atoms with van der Waals surface area (Å²) in [6.45, 7) is 0.364. The Morgan fingerprint density at radius 2 is 2.05 bits per heavy atom. The Bertz CT molecular complexity index is 605. The maximum absolute atomic E-state index is 12.6. The van der Waals surface area contributed by atoms with Crippen molar-refractivity contribution in [3.05, 3.63) is 48.3 Å². The Labute approximate surface area is 123 Å². The van der Waals surface area contributed by atoms with Crippen LogP contribution in [0.25, 0.3) is 5.69 Å². The van der Waals surface area contributed by atoms with Crippen molar-refractivity contribution in [2.24, 2.45) is 0 Å². The lowest BCUT2D eigenvalue weighted by Crippen LogP contribution is -2.45. The molecule has 1 aromatic heterocycles. The van der Waals surface area contributed by atoms with Crippen LogP contribution in [0, 0.1) is 0 Å². The van der Waals surface area contributed by atoms with Gasteiger partial charge in [0, 0.05) is 18.8 Å². The molecule has 2 aromatic rings. The number of rotatable bonds is 5. The van der Waals surface area contributed by atoms with E-state index in [9.17, 15) is 4.79 Å². The van der Waals surface area contributed by atoms with Gasteiger partial charge in [-0.2, -0.15) is 5.10 Å². The van der Waals surface area contributed by atoms with Crippen LogP contribution in [-0.4, -0.2) is 44.9 Å². The number of carbonyl (C=O) groups excluding carboxylic acids is 1. The average Bonchev–Trinajstić information content (AvgIpc) is 2.95. The molecule has 5 nitrogen and oxygen atoms in total. The highest BCUT2D eigenvalue weighted by atomic mass is 16.3. The topological polar surface area (TPSA) is 58.4 Å². The van der Waals surface area contributed by atoms with E-state index in [1.54, 1.807) is 21.8 Å². The van der Waals surface area contributed by atoms with E-state index in [1.165, 1.54) is 0 Å². The Morgan fingerprint density at radius 1 is 1.29 bits per heavy atom. The fourth-order valence-corrected chi connectivity index (χ4v) is 2.57. The molecule has 110 valence electrons. The first-order valence-corrected chi connectivity index (χ1v) is 7.32. The summed E-state index contributed by atoms with van der Waals surface area (Å²) >= 11 is 0. The molecule has 0 bridgehead atoms. The summed E-state index contributed by atoms with van der Waals surface area (Å²) in [5.41, 5.74) is 1.35. The number of hydrogen-bond donors (Lipinski definition) is 1. The predicted octanol–water partition coefficient (Wildman–Crippen LogP) is 1.86. The van der Waals surface area contributed by atoms with E-state index in [1.807, 2.05) is 30.3 Å². The number of hydrogen-bond acceptors (Lipinski definition) is 3. The van der Waals surface area contributed by atoms with E-state index in [0.717, 1.165) is 24.9 Å². The molecule has 0 spiro atoms. The van der Waals surface area contributed by atoms with Crippen LogP contribution < -0.4 is 0 Å². The first-order valence-electron chi connectivity index (χ1n) is 7.32. The average molecular weight is 285 g/mol. The van der Waals surface area contributed by atoms with Gasteiger partial charge in [0.1, 0.15) is 0 Å². The lowest BCUT2D eigenvalue weighted by Gasteiger charge is -2.36. The molecular formula is C16H19N3O2. The summed E-state index contributed by atoms with van der Waals surface area (Å²) in [4.78, 5) is 14.3. The number of carbonyl (C=O) groups is 1. The van der Waals surface area contributed by atoms with Gasteiger partial charge in [-0.15, -0.1) is 0 Å². The van der Waals surface area contributed by atoms with E-state index < -0.39 is 0 Å². The van der Waals surface area contributed by atoms with Crippen LogP contribution in [0.2, 0.25) is 0 Å². The van der Waals surface area contributed by atoms with Gasteiger partial charge in [0.15, 0.2) is 5.69 Å². The van der Waals surface area contributed by atoms with Gasteiger partial charge in [-0.1, -0.05) is 18.2 Å². The maximum atomic E-state index is 12.6. The van der Waals surface area contributed by atoms with Crippen LogP contribution in [-0.2, 0) is 0 Å². The van der Waals surface area contributed by atoms with Gasteiger partial charge in [-0.3, -0.25) is 4.79 Å². The maximum Gasteiger partial charge on any atom is 0.274 e. The molecular weight excluding hydrogens is 266 g/mol. The van der Waals surface area contributed by atoms with Crippen molar-refractivity contribution >= 4 is 5.91 Å². The van der Waals surface area contributed by atoms with E-state index in [0.29, 0.717) is 12.2 Å². The monoisotopic (exact) mass is 285 g/mol. The second-order valence-electron chi connectivity index (χ2n) is 5.29. The SMILES string of the molecule is O=C(c1ccn(-c2ccccc2)n1)N(CCO)C1CCC1. The van der Waals surface area contributed by atoms with Crippen molar-refractivity contribution in [1.82, 2.24) is 14.7 Å². The van der Waals surface area contributed by atoms with Crippen LogP contribution in [0.5, 0.6) is 0 Å². The smallest absolute Gasteiger partial charge is 0.274 e. The summed E-state index contributed by atoms with van der Waals surface area (Å²) in [5.74, 6) is -0.0940. The normalized spacial score (nSPS) is 14.7. The Hall–Kier alpha value is -2.14. The van der Waals surface area contributed by atoms with Crippen LogP contribution in [0.15, 0.2) is 42.6 Å². The van der Waals surface area contributed by atoms with Gasteiger partial charge in [-0.05, 0) is 37.5 Å². The minimum atomic E-state index is -0.0940. The molecule has 3 rings (SSSR count). The van der Waals surface area contributed by atoms with Crippen molar-refractivity contribution < 1.29 is 9.90 Å². The number of nitrogens with zero attached hydrogens (tertiary/aromatic N) is 3. The molecule has 0 atom stereocenters. The van der Waals surface area contributed by atoms with E-state index in [-0.39, 0.29) is 18.6 Å². The highest BCUT2D eigenvalue weighted by Crippen LogP contribution is 2.25. The Morgan fingerprint density at radius 3 is 2.67 bits per heavy atom. The molecule has 0 unspecified atom stereocenters. The molecule has 1 saturated carbocycles. The van der Waals surface area contributed by atoms with Crippen LogP contribution in [0.3, 0.4) is 0 Å². The Kier molecular flexibility index (Phi) is 4.01. The molecule has 0 aliphatic heterocycles. The summed E-state index contributed by atoms with van der Waals surface area (Å²) in [6.07, 6.45) is 4.98. The van der Waals surface area contributed by atoms with E-state index in [4.69, 9.17) is 5.11 Å². The summed E-state index contributed by atoms with van der Waals surface area (Å²) in [6, 6.07) is 11.7. The van der Waals surface area contributed by atoms with E-state index in [2.05, 4.69) is 5.10 Å². The number of aliphatic hydroxyl groups excluding tert-OH is 1. The van der Waals surface area contributed by atoms with Gasteiger partial charge < -0.3 is 10.0 Å². The highest BCUT2D eigenvalue weighted by Gasteiger charge is 2.30. The fraction of sp³-hybridized carbons (Fsp3) is 0.375. The molecule has 1 heterocycles. The van der Waals surface area contributed by atoms with Crippen molar-refractivity contribution in [2.45, 2.75) is 25.3 Å². The quantitative estimate of drug-likeness (QED) is 0.912. The van der Waals surface area contributed by atoms with Gasteiger partial charge in [-0.25, -0.2) is 4.68 Å². The number of benzene rings is 1. The van der Waals surface area contributed by atoms with Crippen molar-refractivity contribution in [3.63, 3.8) is 0 Å². The van der Waals surface area contributed by atoms with Gasteiger partial charge in [0.25, 0.3) is 5.91 Å². The van der Waals surface area contributed by atoms with Crippen LogP contribution in [0.1, 0.15) is 29.8 Å². The largest absolute Gasteiger partial charge is 0.395 e. The zero-order valence-electron chi connectivity index (χ0n) is 11.9. The lowest BCUT2D eigenvalue weighted by atomic mass is 9.91. The molecule has 1 aromatic carbocycles. The number of amides is 1. The molecule has 0 radical (unpaired) electrons. The summed E-state index contributed by atoms with van der Waals surface area (Å²) in [5, 5.41) is 13.5. The fourth-order valence-electron chi connectivity index (χ4n) is 2.57. The standard InChI is InChI=1S/C16H19N3O2/c20-12-11-18(13-7-4-8-13)16(21)15-9-10-19(17-15)14-5-2-1-3-6-14/h1-3,5-6,9-10,13,20H,4,7-8,11-12H2. The second kappa shape index (κ2) is 6.10. The molecule has 1 aliphatic rings. The van der Waals surface area contributed by atoms with Crippen molar-refractivity contribution in [1.29, 1.82) is 0 Å².